The number of carbonyl (C=O) groups is 1. The minimum Gasteiger partial charge on any atom is -0.497 e. The Bertz CT molecular complexity index is 1100. The van der Waals surface area contributed by atoms with Gasteiger partial charge in [0.1, 0.15) is 16.6 Å². The molecule has 34 heavy (non-hydrogen) atoms. The third kappa shape index (κ3) is 5.69. The van der Waals surface area contributed by atoms with Crippen LogP contribution < -0.4 is 10.1 Å². The number of nitrogens with one attached hydrogen (secondary N) is 1. The molecule has 2 aromatic carbocycles. The summed E-state index contributed by atoms with van der Waals surface area (Å²) in [6.45, 7) is 6.87. The van der Waals surface area contributed by atoms with Gasteiger partial charge in [0, 0.05) is 11.3 Å². The summed E-state index contributed by atoms with van der Waals surface area (Å²) in [5, 5.41) is 3.62. The molecule has 1 amide bonds. The molecule has 0 bridgehead atoms. The van der Waals surface area contributed by atoms with Crippen LogP contribution in [-0.2, 0) is 4.79 Å². The van der Waals surface area contributed by atoms with Gasteiger partial charge in [-0.25, -0.2) is 9.38 Å². The lowest BCUT2D eigenvalue weighted by atomic mass is 9.70. The molecule has 0 saturated heterocycles. The zero-order valence-corrected chi connectivity index (χ0v) is 21.0. The number of amides is 1. The molecular formula is C27H32FN3O2S. The van der Waals surface area contributed by atoms with Crippen molar-refractivity contribution in [3.63, 3.8) is 0 Å². The van der Waals surface area contributed by atoms with Crippen LogP contribution in [0.4, 0.5) is 10.1 Å². The summed E-state index contributed by atoms with van der Waals surface area (Å²) < 4.78 is 19.2. The second-order valence-corrected chi connectivity index (χ2v) is 11.0. The summed E-state index contributed by atoms with van der Waals surface area (Å²) in [5.74, 6) is 1.12. The fourth-order valence-corrected chi connectivity index (χ4v) is 5.50. The molecule has 1 heterocycles. The maximum atomic E-state index is 14.0. The number of benzene rings is 2. The van der Waals surface area contributed by atoms with Crippen LogP contribution in [0.5, 0.6) is 5.75 Å². The molecule has 180 valence electrons. The number of thioether (sulfide) groups is 1. The third-order valence-corrected chi connectivity index (χ3v) is 7.62. The van der Waals surface area contributed by atoms with Crippen molar-refractivity contribution in [1.29, 1.82) is 0 Å². The molecule has 0 aromatic heterocycles. The van der Waals surface area contributed by atoms with Gasteiger partial charge in [-0.2, -0.15) is 0 Å². The Morgan fingerprint density at radius 1 is 1.15 bits per heavy atom. The van der Waals surface area contributed by atoms with Crippen molar-refractivity contribution >= 4 is 34.1 Å². The standard InChI is InChI=1S/C27H32FN3O2S/c1-26(2,3)19-12-14-27(15-13-19)30-24(18-6-5-7-20(28)16-18)25(31-27)34-17-23(32)29-21-8-10-22(33-4)11-9-21/h5-11,16,19H,12-15,17H2,1-4H3,(H,29,32). The van der Waals surface area contributed by atoms with E-state index in [9.17, 15) is 9.18 Å². The van der Waals surface area contributed by atoms with Crippen LogP contribution in [0.2, 0.25) is 0 Å². The number of aliphatic imine (C=N–C) groups is 2. The first kappa shape index (κ1) is 24.5. The maximum absolute atomic E-state index is 14.0. The molecule has 0 atom stereocenters. The molecular weight excluding hydrogens is 449 g/mol. The monoisotopic (exact) mass is 481 g/mol. The molecule has 1 saturated carbocycles. The number of carbonyl (C=O) groups excluding carboxylic acids is 1. The lowest BCUT2D eigenvalue weighted by molar-refractivity contribution is -0.113. The van der Waals surface area contributed by atoms with Crippen molar-refractivity contribution in [3.05, 3.63) is 59.9 Å². The van der Waals surface area contributed by atoms with Crippen LogP contribution >= 0.6 is 11.8 Å². The van der Waals surface area contributed by atoms with Crippen molar-refractivity contribution < 1.29 is 13.9 Å². The van der Waals surface area contributed by atoms with Gasteiger partial charge in [0.15, 0.2) is 5.66 Å². The predicted molar refractivity (Wildman–Crippen MR) is 139 cm³/mol. The number of halogens is 1. The minimum atomic E-state index is -0.502. The van der Waals surface area contributed by atoms with Crippen molar-refractivity contribution in [2.24, 2.45) is 21.3 Å². The van der Waals surface area contributed by atoms with Gasteiger partial charge in [-0.3, -0.25) is 9.79 Å². The van der Waals surface area contributed by atoms with Crippen LogP contribution in [0.1, 0.15) is 52.0 Å². The first-order chi connectivity index (χ1) is 16.2. The van der Waals surface area contributed by atoms with Gasteiger partial charge < -0.3 is 10.1 Å². The molecule has 2 aromatic rings. The number of anilines is 1. The van der Waals surface area contributed by atoms with E-state index >= 15 is 0 Å². The van der Waals surface area contributed by atoms with E-state index in [1.165, 1.54) is 23.9 Å². The van der Waals surface area contributed by atoms with Gasteiger partial charge in [0.05, 0.1) is 18.6 Å². The highest BCUT2D eigenvalue weighted by molar-refractivity contribution is 8.16. The zero-order chi connectivity index (χ0) is 24.3. The van der Waals surface area contributed by atoms with Crippen LogP contribution in [0.25, 0.3) is 0 Å². The third-order valence-electron chi connectivity index (χ3n) is 6.66. The van der Waals surface area contributed by atoms with Crippen molar-refractivity contribution in [1.82, 2.24) is 0 Å². The quantitative estimate of drug-likeness (QED) is 0.542. The average molecular weight is 482 g/mol. The summed E-state index contributed by atoms with van der Waals surface area (Å²) in [6.07, 6.45) is 3.86. The summed E-state index contributed by atoms with van der Waals surface area (Å²) >= 11 is 1.36. The second-order valence-electron chi connectivity index (χ2n) is 10.1. The lowest BCUT2D eigenvalue weighted by Gasteiger charge is -2.39. The van der Waals surface area contributed by atoms with Crippen molar-refractivity contribution in [2.45, 2.75) is 52.1 Å². The minimum absolute atomic E-state index is 0.131. The number of methoxy groups -OCH3 is 1. The number of hydrogen-bond acceptors (Lipinski definition) is 5. The van der Waals surface area contributed by atoms with E-state index in [0.29, 0.717) is 27.9 Å². The Kier molecular flexibility index (Phi) is 7.12. The predicted octanol–water partition coefficient (Wildman–Crippen LogP) is 6.34. The average Bonchev–Trinajstić information content (AvgIpc) is 3.16. The molecule has 4 rings (SSSR count). The van der Waals surface area contributed by atoms with Gasteiger partial charge in [0.25, 0.3) is 0 Å². The van der Waals surface area contributed by atoms with Gasteiger partial charge in [-0.15, -0.1) is 0 Å². The SMILES string of the molecule is COc1ccc(NC(=O)CSC2=NC3(CCC(C(C)(C)C)CC3)N=C2c2cccc(F)c2)cc1. The van der Waals surface area contributed by atoms with Crippen LogP contribution in [0.15, 0.2) is 58.5 Å². The number of rotatable bonds is 5. The highest BCUT2D eigenvalue weighted by Crippen LogP contribution is 2.46. The topological polar surface area (TPSA) is 63.0 Å². The fraction of sp³-hybridized carbons (Fsp3) is 0.444. The Morgan fingerprint density at radius 2 is 1.85 bits per heavy atom. The van der Waals surface area contributed by atoms with Gasteiger partial charge >= 0.3 is 0 Å². The normalized spacial score (nSPS) is 22.3. The number of ether oxygens (including phenoxy) is 1. The van der Waals surface area contributed by atoms with E-state index in [4.69, 9.17) is 14.7 Å². The highest BCUT2D eigenvalue weighted by atomic mass is 32.2. The Morgan fingerprint density at radius 3 is 2.47 bits per heavy atom. The van der Waals surface area contributed by atoms with E-state index < -0.39 is 5.66 Å². The van der Waals surface area contributed by atoms with Crippen LogP contribution in [0, 0.1) is 17.2 Å². The highest BCUT2D eigenvalue weighted by Gasteiger charge is 2.42. The van der Waals surface area contributed by atoms with E-state index in [2.05, 4.69) is 26.1 Å². The summed E-state index contributed by atoms with van der Waals surface area (Å²) in [6, 6.07) is 13.7. The number of nitrogens with zero attached hydrogens (tertiary/aromatic N) is 2. The molecule has 1 aliphatic heterocycles. The molecule has 1 N–H and O–H groups in total. The van der Waals surface area contributed by atoms with E-state index in [1.54, 1.807) is 37.4 Å². The Labute approximate surface area is 205 Å². The first-order valence-corrected chi connectivity index (χ1v) is 12.7. The zero-order valence-electron chi connectivity index (χ0n) is 20.2. The molecule has 1 aliphatic carbocycles. The Hall–Kier alpha value is -2.67. The lowest BCUT2D eigenvalue weighted by Crippen LogP contribution is -2.34. The van der Waals surface area contributed by atoms with E-state index in [-0.39, 0.29) is 22.9 Å². The van der Waals surface area contributed by atoms with Gasteiger partial charge in [-0.05, 0) is 73.4 Å². The fourth-order valence-electron chi connectivity index (χ4n) is 4.62. The smallest absolute Gasteiger partial charge is 0.234 e. The molecule has 0 unspecified atom stereocenters. The van der Waals surface area contributed by atoms with Gasteiger partial charge in [-0.1, -0.05) is 44.7 Å². The molecule has 2 aliphatic rings. The largest absolute Gasteiger partial charge is 0.497 e. The van der Waals surface area contributed by atoms with Crippen molar-refractivity contribution in [3.8, 4) is 5.75 Å². The first-order valence-electron chi connectivity index (χ1n) is 11.7. The summed E-state index contributed by atoms with van der Waals surface area (Å²) in [5.41, 5.74) is 1.86. The summed E-state index contributed by atoms with van der Waals surface area (Å²) in [7, 11) is 1.60. The second kappa shape index (κ2) is 9.90. The Balaban J connectivity index is 1.49. The molecule has 0 radical (unpaired) electrons. The van der Waals surface area contributed by atoms with Crippen LogP contribution in [-0.4, -0.2) is 35.2 Å². The van der Waals surface area contributed by atoms with Crippen LogP contribution in [0.3, 0.4) is 0 Å². The number of hydrogen-bond donors (Lipinski definition) is 1. The van der Waals surface area contributed by atoms with Gasteiger partial charge in [0.2, 0.25) is 5.91 Å². The molecule has 7 heteroatoms. The van der Waals surface area contributed by atoms with Crippen molar-refractivity contribution in [2.75, 3.05) is 18.2 Å². The molecule has 1 spiro atoms. The van der Waals surface area contributed by atoms with E-state index in [0.717, 1.165) is 31.4 Å². The summed E-state index contributed by atoms with van der Waals surface area (Å²) in [4.78, 5) is 22.7. The molecule has 5 nitrogen and oxygen atoms in total. The van der Waals surface area contributed by atoms with E-state index in [1.807, 2.05) is 6.07 Å². The maximum Gasteiger partial charge on any atom is 0.234 e. The molecule has 1 fully saturated rings.